The van der Waals surface area contributed by atoms with Crippen LogP contribution < -0.4 is 0 Å². The van der Waals surface area contributed by atoms with Gasteiger partial charge < -0.3 is 18.9 Å². The third-order valence-electron chi connectivity index (χ3n) is 8.43. The van der Waals surface area contributed by atoms with E-state index in [2.05, 4.69) is 66.2 Å². The fourth-order valence-corrected chi connectivity index (χ4v) is 7.18. The number of hydrogen-bond acceptors (Lipinski definition) is 7. The van der Waals surface area contributed by atoms with Crippen LogP contribution in [0.3, 0.4) is 0 Å². The Labute approximate surface area is 273 Å². The first-order valence-electron chi connectivity index (χ1n) is 16.6. The van der Waals surface area contributed by atoms with Gasteiger partial charge in [-0.15, -0.1) is 11.8 Å². The molecule has 1 unspecified atom stereocenters. The van der Waals surface area contributed by atoms with E-state index in [4.69, 9.17) is 24.0 Å². The average molecular weight is 635 g/mol. The number of hydrogen-bond donors (Lipinski definition) is 0. The van der Waals surface area contributed by atoms with Gasteiger partial charge >= 0.3 is 5.97 Å². The highest BCUT2D eigenvalue weighted by Gasteiger charge is 2.27. The van der Waals surface area contributed by atoms with Crippen LogP contribution in [-0.2, 0) is 30.3 Å². The molecule has 1 atom stereocenters. The molecule has 0 amide bonds. The minimum atomic E-state index is -0.487. The molecule has 2 fully saturated rings. The quantitative estimate of drug-likeness (QED) is 0.106. The molecule has 0 radical (unpaired) electrons. The molecular weight excluding hydrogens is 584 g/mol. The molecule has 0 bridgehead atoms. The van der Waals surface area contributed by atoms with Crippen molar-refractivity contribution in [2.24, 2.45) is 11.8 Å². The highest BCUT2D eigenvalue weighted by atomic mass is 32.2. The Bertz CT molecular complexity index is 1350. The topological polar surface area (TPSA) is 71.8 Å². The maximum atomic E-state index is 12.0. The maximum absolute atomic E-state index is 12.0. The monoisotopic (exact) mass is 634 g/mol. The summed E-state index contributed by atoms with van der Waals surface area (Å²) in [4.78, 5) is 12.0. The van der Waals surface area contributed by atoms with Gasteiger partial charge in [0.2, 0.25) is 0 Å². The molecule has 45 heavy (non-hydrogen) atoms. The predicted molar refractivity (Wildman–Crippen MR) is 180 cm³/mol. The van der Waals surface area contributed by atoms with Gasteiger partial charge in [0.05, 0.1) is 18.9 Å². The molecular formula is C37H50N2O5S. The van der Waals surface area contributed by atoms with Crippen molar-refractivity contribution in [3.63, 3.8) is 0 Å². The van der Waals surface area contributed by atoms with E-state index in [0.29, 0.717) is 25.0 Å². The number of esters is 1. The minimum Gasteiger partial charge on any atom is -0.458 e. The highest BCUT2D eigenvalue weighted by molar-refractivity contribution is 7.99. The first-order valence-corrected chi connectivity index (χ1v) is 17.6. The zero-order valence-corrected chi connectivity index (χ0v) is 28.3. The van der Waals surface area contributed by atoms with E-state index < -0.39 is 5.60 Å². The number of thioether (sulfide) groups is 1. The van der Waals surface area contributed by atoms with E-state index in [9.17, 15) is 4.79 Å². The molecule has 0 N–H and O–H groups in total. The summed E-state index contributed by atoms with van der Waals surface area (Å²) in [5, 5.41) is 6.36. The van der Waals surface area contributed by atoms with Crippen molar-refractivity contribution in [3.05, 3.63) is 60.2 Å². The van der Waals surface area contributed by atoms with Gasteiger partial charge in [-0.05, 0) is 90.0 Å². The van der Waals surface area contributed by atoms with Crippen LogP contribution in [0.4, 0.5) is 0 Å². The third-order valence-corrected chi connectivity index (χ3v) is 9.36. The molecule has 7 nitrogen and oxygen atoms in total. The van der Waals surface area contributed by atoms with Crippen molar-refractivity contribution in [1.29, 1.82) is 0 Å². The molecule has 3 aromatic rings. The van der Waals surface area contributed by atoms with Gasteiger partial charge in [-0.3, -0.25) is 4.68 Å². The van der Waals surface area contributed by atoms with Gasteiger partial charge in [0.1, 0.15) is 17.2 Å². The Balaban J connectivity index is 1.29. The number of aromatic nitrogens is 2. The maximum Gasteiger partial charge on any atom is 0.332 e. The van der Waals surface area contributed by atoms with Crippen molar-refractivity contribution in [2.75, 3.05) is 32.2 Å². The molecule has 0 spiro atoms. The lowest BCUT2D eigenvalue weighted by atomic mass is 9.82. The van der Waals surface area contributed by atoms with Crippen LogP contribution in [0.2, 0.25) is 0 Å². The van der Waals surface area contributed by atoms with Gasteiger partial charge in [-0.1, -0.05) is 60.2 Å². The van der Waals surface area contributed by atoms with Crippen LogP contribution in [0.5, 0.6) is 0 Å². The summed E-state index contributed by atoms with van der Waals surface area (Å²) in [6.07, 6.45) is 7.61. The van der Waals surface area contributed by atoms with Crippen LogP contribution in [-0.4, -0.2) is 59.8 Å². The number of nitrogens with zero attached hydrogens (tertiary/aromatic N) is 2. The minimum absolute atomic E-state index is 0.0197. The molecule has 1 saturated carbocycles. The van der Waals surface area contributed by atoms with Gasteiger partial charge in [-0.2, -0.15) is 5.10 Å². The van der Waals surface area contributed by atoms with E-state index >= 15 is 0 Å². The van der Waals surface area contributed by atoms with Crippen molar-refractivity contribution < 1.29 is 23.7 Å². The van der Waals surface area contributed by atoms with Crippen LogP contribution in [0, 0.1) is 18.8 Å². The molecule has 8 heteroatoms. The van der Waals surface area contributed by atoms with Crippen LogP contribution in [0.15, 0.2) is 59.6 Å². The lowest BCUT2D eigenvalue weighted by Gasteiger charge is -2.29. The van der Waals surface area contributed by atoms with Gasteiger partial charge in [0.15, 0.2) is 6.29 Å². The second-order valence-corrected chi connectivity index (χ2v) is 14.5. The lowest BCUT2D eigenvalue weighted by Crippen LogP contribution is -2.28. The first kappa shape index (κ1) is 33.7. The Hall–Kier alpha value is -2.65. The van der Waals surface area contributed by atoms with E-state index in [0.717, 1.165) is 62.5 Å². The van der Waals surface area contributed by atoms with Crippen molar-refractivity contribution in [2.45, 2.75) is 96.1 Å². The summed E-state index contributed by atoms with van der Waals surface area (Å²) in [6, 6.07) is 19.5. The van der Waals surface area contributed by atoms with Gasteiger partial charge in [-0.25, -0.2) is 4.79 Å². The Morgan fingerprint density at radius 2 is 1.73 bits per heavy atom. The van der Waals surface area contributed by atoms with Crippen LogP contribution in [0.25, 0.3) is 22.4 Å². The highest BCUT2D eigenvalue weighted by Crippen LogP contribution is 2.41. The third kappa shape index (κ3) is 10.2. The van der Waals surface area contributed by atoms with E-state index in [1.54, 1.807) is 11.8 Å². The zero-order valence-electron chi connectivity index (χ0n) is 27.5. The fraction of sp³-hybridized carbons (Fsp3) is 0.568. The Kier molecular flexibility index (Phi) is 12.2. The summed E-state index contributed by atoms with van der Waals surface area (Å²) in [5.74, 6) is 1.52. The number of aryl methyl sites for hydroxylation is 1. The molecule has 1 aromatic heterocycles. The number of carbonyl (C=O) groups is 1. The SMILES string of the molecule is Cc1cccc(-c2c(SCCOC3CCCCO3)nn(CC3CCC(COCC(=O)OC(C)(C)C)CC3)c2-c2ccccc2)c1. The Morgan fingerprint density at radius 3 is 2.44 bits per heavy atom. The molecule has 244 valence electrons. The van der Waals surface area contributed by atoms with Gasteiger partial charge in [0, 0.05) is 30.0 Å². The van der Waals surface area contributed by atoms with Crippen LogP contribution in [0.1, 0.15) is 71.3 Å². The normalized spacial score (nSPS) is 20.7. The van der Waals surface area contributed by atoms with E-state index in [1.165, 1.54) is 34.4 Å². The van der Waals surface area contributed by atoms with Crippen molar-refractivity contribution >= 4 is 17.7 Å². The molecule has 1 aliphatic carbocycles. The first-order chi connectivity index (χ1) is 21.7. The summed E-state index contributed by atoms with van der Waals surface area (Å²) >= 11 is 1.78. The van der Waals surface area contributed by atoms with Crippen molar-refractivity contribution in [1.82, 2.24) is 9.78 Å². The molecule has 5 rings (SSSR count). The number of ether oxygens (including phenoxy) is 4. The molecule has 2 aliphatic rings. The molecule has 1 saturated heterocycles. The smallest absolute Gasteiger partial charge is 0.332 e. The standard InChI is InChI=1S/C37H50N2O5S/c1-27-11-10-14-31(23-27)34-35(30-12-6-5-7-13-30)39(38-36(34)45-22-21-43-33-15-8-9-20-42-33)24-28-16-18-29(19-17-28)25-41-26-32(40)44-37(2,3)4/h5-7,10-14,23,28-29,33H,8-9,15-22,24-26H2,1-4H3. The largest absolute Gasteiger partial charge is 0.458 e. The number of rotatable bonds is 13. The lowest BCUT2D eigenvalue weighted by molar-refractivity contribution is -0.160. The predicted octanol–water partition coefficient (Wildman–Crippen LogP) is 8.33. The average Bonchev–Trinajstić information content (AvgIpc) is 3.38. The second-order valence-electron chi connectivity index (χ2n) is 13.5. The van der Waals surface area contributed by atoms with E-state index in [-0.39, 0.29) is 18.9 Å². The zero-order chi connectivity index (χ0) is 31.6. The van der Waals surface area contributed by atoms with Crippen LogP contribution >= 0.6 is 11.8 Å². The summed E-state index contributed by atoms with van der Waals surface area (Å²) in [7, 11) is 0. The van der Waals surface area contributed by atoms with Gasteiger partial charge in [0.25, 0.3) is 0 Å². The molecule has 1 aliphatic heterocycles. The molecule has 2 aromatic carbocycles. The summed E-state index contributed by atoms with van der Waals surface area (Å²) in [6.45, 7) is 10.7. The van der Waals surface area contributed by atoms with Crippen molar-refractivity contribution in [3.8, 4) is 22.4 Å². The fourth-order valence-electron chi connectivity index (χ4n) is 6.29. The number of carbonyl (C=O) groups excluding carboxylic acids is 1. The summed E-state index contributed by atoms with van der Waals surface area (Å²) < 4.78 is 25.3. The Morgan fingerprint density at radius 1 is 0.978 bits per heavy atom. The second kappa shape index (κ2) is 16.3. The summed E-state index contributed by atoms with van der Waals surface area (Å²) in [5.41, 5.74) is 5.52. The number of benzene rings is 2. The molecule has 2 heterocycles. The van der Waals surface area contributed by atoms with E-state index in [1.807, 2.05) is 20.8 Å².